The van der Waals surface area contributed by atoms with Crippen LogP contribution >= 0.6 is 0 Å². The average Bonchev–Trinajstić information content (AvgIpc) is 2.66. The van der Waals surface area contributed by atoms with Gasteiger partial charge in [-0.25, -0.2) is 0 Å². The zero-order valence-electron chi connectivity index (χ0n) is 15.6. The Bertz CT molecular complexity index is 570. The van der Waals surface area contributed by atoms with E-state index in [0.717, 1.165) is 58.0 Å². The Labute approximate surface area is 151 Å². The summed E-state index contributed by atoms with van der Waals surface area (Å²) in [4.78, 5) is 19.3. The maximum Gasteiger partial charge on any atom is 0.223 e. The largest absolute Gasteiger partial charge is 0.495 e. The van der Waals surface area contributed by atoms with Crippen molar-refractivity contribution >= 4 is 11.6 Å². The first kappa shape index (κ1) is 18.1. The third-order valence-corrected chi connectivity index (χ3v) is 5.45. The molecule has 2 saturated heterocycles. The summed E-state index contributed by atoms with van der Waals surface area (Å²) < 4.78 is 5.47. The Morgan fingerprint density at radius 2 is 1.92 bits per heavy atom. The normalized spacial score (nSPS) is 22.1. The van der Waals surface area contributed by atoms with Crippen molar-refractivity contribution in [2.45, 2.75) is 26.2 Å². The summed E-state index contributed by atoms with van der Waals surface area (Å²) in [5.41, 5.74) is 1.17. The molecule has 2 aliphatic heterocycles. The van der Waals surface area contributed by atoms with Crippen molar-refractivity contribution < 1.29 is 9.53 Å². The maximum absolute atomic E-state index is 12.4. The van der Waals surface area contributed by atoms with Gasteiger partial charge >= 0.3 is 0 Å². The van der Waals surface area contributed by atoms with Gasteiger partial charge in [0.2, 0.25) is 5.91 Å². The third-order valence-electron chi connectivity index (χ3n) is 5.45. The number of carbonyl (C=O) groups excluding carboxylic acids is 1. The Morgan fingerprint density at radius 1 is 1.16 bits per heavy atom. The summed E-state index contributed by atoms with van der Waals surface area (Å²) >= 11 is 0. The summed E-state index contributed by atoms with van der Waals surface area (Å²) in [5, 5.41) is 0. The summed E-state index contributed by atoms with van der Waals surface area (Å²) in [6, 6.07) is 8.20. The second kappa shape index (κ2) is 8.56. The quantitative estimate of drug-likeness (QED) is 0.821. The highest BCUT2D eigenvalue weighted by molar-refractivity contribution is 5.76. The Hall–Kier alpha value is -1.75. The molecule has 0 saturated carbocycles. The van der Waals surface area contributed by atoms with Crippen LogP contribution in [-0.4, -0.2) is 68.6 Å². The van der Waals surface area contributed by atoms with E-state index in [1.165, 1.54) is 12.1 Å². The molecule has 1 aromatic rings. The van der Waals surface area contributed by atoms with Crippen LogP contribution in [0.4, 0.5) is 5.69 Å². The van der Waals surface area contributed by atoms with E-state index in [4.69, 9.17) is 4.74 Å². The van der Waals surface area contributed by atoms with Gasteiger partial charge in [0.25, 0.3) is 0 Å². The minimum atomic E-state index is 0.332. The van der Waals surface area contributed by atoms with E-state index in [1.54, 1.807) is 7.11 Å². The number of carbonyl (C=O) groups is 1. The number of hydrogen-bond donors (Lipinski definition) is 0. The predicted molar refractivity (Wildman–Crippen MR) is 101 cm³/mol. The number of nitrogens with zero attached hydrogens (tertiary/aromatic N) is 3. The molecule has 5 heteroatoms. The van der Waals surface area contributed by atoms with E-state index >= 15 is 0 Å². The molecule has 1 aromatic carbocycles. The lowest BCUT2D eigenvalue weighted by atomic mass is 10.00. The molecule has 1 amide bonds. The summed E-state index contributed by atoms with van der Waals surface area (Å²) in [6.45, 7) is 8.99. The second-order valence-electron chi connectivity index (χ2n) is 7.34. The summed E-state index contributed by atoms with van der Waals surface area (Å²) in [7, 11) is 1.72. The summed E-state index contributed by atoms with van der Waals surface area (Å²) in [6.07, 6.45) is 3.07. The number of piperidine rings is 1. The van der Waals surface area contributed by atoms with Crippen molar-refractivity contribution in [3.8, 4) is 5.75 Å². The van der Waals surface area contributed by atoms with E-state index in [1.807, 2.05) is 12.1 Å². The van der Waals surface area contributed by atoms with Gasteiger partial charge in [-0.05, 0) is 30.9 Å². The molecule has 2 heterocycles. The fraction of sp³-hybridized carbons (Fsp3) is 0.650. The van der Waals surface area contributed by atoms with Crippen molar-refractivity contribution in [1.82, 2.24) is 9.80 Å². The third kappa shape index (κ3) is 4.66. The van der Waals surface area contributed by atoms with E-state index in [-0.39, 0.29) is 0 Å². The number of likely N-dealkylation sites (tertiary alicyclic amines) is 1. The molecule has 5 nitrogen and oxygen atoms in total. The lowest BCUT2D eigenvalue weighted by Gasteiger charge is -2.37. The molecule has 0 radical (unpaired) electrons. The van der Waals surface area contributed by atoms with Gasteiger partial charge in [0, 0.05) is 52.2 Å². The molecule has 138 valence electrons. The SMILES string of the molecule is COc1ccccc1N1CCN(CCC(=O)N2CCCC(C)C2)CC1. The van der Waals surface area contributed by atoms with Crippen LogP contribution in [0.1, 0.15) is 26.2 Å². The average molecular weight is 345 g/mol. The van der Waals surface area contributed by atoms with Crippen molar-refractivity contribution in [2.75, 3.05) is 57.8 Å². The first-order chi connectivity index (χ1) is 12.2. The lowest BCUT2D eigenvalue weighted by molar-refractivity contribution is -0.133. The zero-order chi connectivity index (χ0) is 17.6. The van der Waals surface area contributed by atoms with Gasteiger partial charge in [-0.2, -0.15) is 0 Å². The molecule has 2 fully saturated rings. The first-order valence-corrected chi connectivity index (χ1v) is 9.55. The van der Waals surface area contributed by atoms with Crippen molar-refractivity contribution in [2.24, 2.45) is 5.92 Å². The van der Waals surface area contributed by atoms with Crippen molar-refractivity contribution in [1.29, 1.82) is 0 Å². The number of para-hydroxylation sites is 2. The van der Waals surface area contributed by atoms with E-state index in [9.17, 15) is 4.79 Å². The number of hydrogen-bond acceptors (Lipinski definition) is 4. The minimum absolute atomic E-state index is 0.332. The Kier molecular flexibility index (Phi) is 6.19. The topological polar surface area (TPSA) is 36.0 Å². The molecule has 0 bridgehead atoms. The lowest BCUT2D eigenvalue weighted by Crippen LogP contribution is -2.48. The molecule has 0 spiro atoms. The van der Waals surface area contributed by atoms with Crippen LogP contribution in [0.3, 0.4) is 0 Å². The molecule has 0 aliphatic carbocycles. The van der Waals surface area contributed by atoms with Gasteiger partial charge in [0.1, 0.15) is 5.75 Å². The molecular weight excluding hydrogens is 314 g/mol. The standard InChI is InChI=1S/C20H31N3O2/c1-17-6-5-10-23(16-17)20(24)9-11-21-12-14-22(15-13-21)18-7-3-4-8-19(18)25-2/h3-4,7-8,17H,5-6,9-16H2,1-2H3. The Balaban J connectivity index is 1.44. The van der Waals surface area contributed by atoms with Gasteiger partial charge < -0.3 is 14.5 Å². The molecule has 0 aromatic heterocycles. The van der Waals surface area contributed by atoms with Crippen molar-refractivity contribution in [3.05, 3.63) is 24.3 Å². The molecule has 2 aliphatic rings. The Morgan fingerprint density at radius 3 is 2.64 bits per heavy atom. The van der Waals surface area contributed by atoms with Crippen LogP contribution in [0.5, 0.6) is 5.75 Å². The highest BCUT2D eigenvalue weighted by Crippen LogP contribution is 2.28. The van der Waals surface area contributed by atoms with Crippen molar-refractivity contribution in [3.63, 3.8) is 0 Å². The van der Waals surface area contributed by atoms with Crippen LogP contribution in [0, 0.1) is 5.92 Å². The van der Waals surface area contributed by atoms with Crippen LogP contribution in [-0.2, 0) is 4.79 Å². The zero-order valence-corrected chi connectivity index (χ0v) is 15.6. The van der Waals surface area contributed by atoms with Gasteiger partial charge in [-0.3, -0.25) is 9.69 Å². The molecule has 1 atom stereocenters. The first-order valence-electron chi connectivity index (χ1n) is 9.55. The van der Waals surface area contributed by atoms with Gasteiger partial charge in [0.15, 0.2) is 0 Å². The van der Waals surface area contributed by atoms with E-state index in [0.29, 0.717) is 18.2 Å². The predicted octanol–water partition coefficient (Wildman–Crippen LogP) is 2.47. The highest BCUT2D eigenvalue weighted by atomic mass is 16.5. The number of piperazine rings is 1. The van der Waals surface area contributed by atoms with E-state index < -0.39 is 0 Å². The minimum Gasteiger partial charge on any atom is -0.495 e. The second-order valence-corrected chi connectivity index (χ2v) is 7.34. The molecule has 0 N–H and O–H groups in total. The van der Waals surface area contributed by atoms with E-state index in [2.05, 4.69) is 33.8 Å². The molecular formula is C20H31N3O2. The number of amides is 1. The van der Waals surface area contributed by atoms with Crippen LogP contribution in [0.15, 0.2) is 24.3 Å². The van der Waals surface area contributed by atoms with Gasteiger partial charge in [0.05, 0.1) is 12.8 Å². The van der Waals surface area contributed by atoms with Crippen LogP contribution in [0.2, 0.25) is 0 Å². The highest BCUT2D eigenvalue weighted by Gasteiger charge is 2.23. The molecule has 3 rings (SSSR count). The van der Waals surface area contributed by atoms with Gasteiger partial charge in [-0.1, -0.05) is 19.1 Å². The number of methoxy groups -OCH3 is 1. The van der Waals surface area contributed by atoms with Gasteiger partial charge in [-0.15, -0.1) is 0 Å². The fourth-order valence-corrected chi connectivity index (χ4v) is 3.93. The smallest absolute Gasteiger partial charge is 0.223 e. The van der Waals surface area contributed by atoms with Crippen LogP contribution in [0.25, 0.3) is 0 Å². The van der Waals surface area contributed by atoms with Crippen LogP contribution < -0.4 is 9.64 Å². The number of anilines is 1. The molecule has 25 heavy (non-hydrogen) atoms. The summed E-state index contributed by atoms with van der Waals surface area (Å²) in [5.74, 6) is 1.92. The number of ether oxygens (including phenoxy) is 1. The fourth-order valence-electron chi connectivity index (χ4n) is 3.93. The molecule has 1 unspecified atom stereocenters. The number of benzene rings is 1. The maximum atomic E-state index is 12.4. The number of rotatable bonds is 5. The monoisotopic (exact) mass is 345 g/mol.